The van der Waals surface area contributed by atoms with Gasteiger partial charge < -0.3 is 4.42 Å². The molecule has 0 bridgehead atoms. The summed E-state index contributed by atoms with van der Waals surface area (Å²) in [5.41, 5.74) is 0. The highest BCUT2D eigenvalue weighted by Gasteiger charge is 2.18. The molecule has 1 nitrogen and oxygen atoms in total. The molecule has 2 heterocycles. The van der Waals surface area contributed by atoms with Crippen molar-refractivity contribution in [3.63, 3.8) is 0 Å². The lowest BCUT2D eigenvalue weighted by atomic mass is 10.3. The van der Waals surface area contributed by atoms with Crippen molar-refractivity contribution in [2.45, 2.75) is 18.7 Å². The van der Waals surface area contributed by atoms with Gasteiger partial charge >= 0.3 is 0 Å². The first-order valence-corrected chi connectivity index (χ1v) is 7.06. The van der Waals surface area contributed by atoms with E-state index >= 15 is 0 Å². The summed E-state index contributed by atoms with van der Waals surface area (Å²) in [4.78, 5) is 2.69. The molecule has 1 unspecified atom stereocenters. The van der Waals surface area contributed by atoms with Crippen LogP contribution in [0.25, 0.3) is 0 Å². The largest absolute Gasteiger partial charge is 0.465 e. The van der Waals surface area contributed by atoms with Crippen LogP contribution in [0.5, 0.6) is 0 Å². The van der Waals surface area contributed by atoms with Gasteiger partial charge in [-0.3, -0.25) is 0 Å². The summed E-state index contributed by atoms with van der Waals surface area (Å²) in [6.45, 7) is 4.06. The van der Waals surface area contributed by atoms with E-state index in [1.807, 2.05) is 19.1 Å². The molecule has 15 heavy (non-hydrogen) atoms. The lowest BCUT2D eigenvalue weighted by molar-refractivity contribution is 0.492. The number of thiophene rings is 1. The number of hydrogen-bond donors (Lipinski definition) is 0. The van der Waals surface area contributed by atoms with Crippen molar-refractivity contribution >= 4 is 43.2 Å². The van der Waals surface area contributed by atoms with E-state index in [0.29, 0.717) is 0 Å². The van der Waals surface area contributed by atoms with Gasteiger partial charge in [0.2, 0.25) is 0 Å². The topological polar surface area (TPSA) is 13.1 Å². The number of alkyl halides is 1. The SMILES string of the molecule is Cc1ccc(C(Br)c2sc(C)cc2Br)o1. The molecule has 0 fully saturated rings. The molecule has 0 amide bonds. The van der Waals surface area contributed by atoms with Crippen LogP contribution in [0, 0.1) is 13.8 Å². The lowest BCUT2D eigenvalue weighted by Gasteiger charge is -2.04. The summed E-state index contributed by atoms with van der Waals surface area (Å²) < 4.78 is 6.74. The van der Waals surface area contributed by atoms with Crippen molar-refractivity contribution in [2.24, 2.45) is 0 Å². The van der Waals surface area contributed by atoms with Gasteiger partial charge in [-0.05, 0) is 48.0 Å². The van der Waals surface area contributed by atoms with E-state index in [1.54, 1.807) is 11.3 Å². The summed E-state index contributed by atoms with van der Waals surface area (Å²) in [6, 6.07) is 6.12. The molecule has 0 saturated carbocycles. The molecule has 0 aliphatic rings. The van der Waals surface area contributed by atoms with E-state index in [-0.39, 0.29) is 4.83 Å². The van der Waals surface area contributed by atoms with E-state index in [2.05, 4.69) is 44.8 Å². The van der Waals surface area contributed by atoms with Gasteiger partial charge in [0, 0.05) is 14.2 Å². The van der Waals surface area contributed by atoms with Gasteiger partial charge in [-0.25, -0.2) is 0 Å². The highest BCUT2D eigenvalue weighted by atomic mass is 79.9. The number of rotatable bonds is 2. The van der Waals surface area contributed by atoms with Gasteiger partial charge in [0.05, 0.1) is 0 Å². The van der Waals surface area contributed by atoms with Gasteiger partial charge in [-0.1, -0.05) is 15.9 Å². The third kappa shape index (κ3) is 2.37. The van der Waals surface area contributed by atoms with Gasteiger partial charge in [0.1, 0.15) is 16.3 Å². The van der Waals surface area contributed by atoms with Crippen molar-refractivity contribution in [1.29, 1.82) is 0 Å². The second-order valence-corrected chi connectivity index (χ2v) is 6.44. The molecule has 2 aromatic rings. The molecule has 0 N–H and O–H groups in total. The van der Waals surface area contributed by atoms with E-state index in [9.17, 15) is 0 Å². The maximum Gasteiger partial charge on any atom is 0.123 e. The Hall–Kier alpha value is -0.0600. The Morgan fingerprint density at radius 2 is 2.07 bits per heavy atom. The first-order valence-electron chi connectivity index (χ1n) is 4.54. The van der Waals surface area contributed by atoms with Crippen LogP contribution in [-0.4, -0.2) is 0 Å². The third-order valence-corrected chi connectivity index (χ3v) is 5.32. The van der Waals surface area contributed by atoms with Crippen molar-refractivity contribution < 1.29 is 4.42 Å². The summed E-state index contributed by atoms with van der Waals surface area (Å²) in [6.07, 6.45) is 0. The fraction of sp³-hybridized carbons (Fsp3) is 0.273. The van der Waals surface area contributed by atoms with Crippen LogP contribution in [0.1, 0.15) is 26.1 Å². The minimum absolute atomic E-state index is 0.138. The smallest absolute Gasteiger partial charge is 0.123 e. The maximum absolute atomic E-state index is 5.60. The predicted molar refractivity (Wildman–Crippen MR) is 71.0 cm³/mol. The van der Waals surface area contributed by atoms with E-state index in [0.717, 1.165) is 16.0 Å². The Bertz CT molecular complexity index is 473. The summed E-state index contributed by atoms with van der Waals surface area (Å²) in [5.74, 6) is 1.90. The van der Waals surface area contributed by atoms with Crippen LogP contribution in [-0.2, 0) is 0 Å². The highest BCUT2D eigenvalue weighted by Crippen LogP contribution is 2.40. The van der Waals surface area contributed by atoms with E-state index in [4.69, 9.17) is 4.42 Å². The Labute approximate surface area is 110 Å². The molecule has 0 aliphatic heterocycles. The second kappa shape index (κ2) is 4.44. The Balaban J connectivity index is 2.35. The minimum atomic E-state index is 0.138. The molecule has 4 heteroatoms. The zero-order valence-corrected chi connectivity index (χ0v) is 12.4. The molecule has 0 radical (unpaired) electrons. The molecule has 0 aromatic carbocycles. The summed E-state index contributed by atoms with van der Waals surface area (Å²) >= 11 is 8.99. The maximum atomic E-state index is 5.60. The van der Waals surface area contributed by atoms with E-state index < -0.39 is 0 Å². The number of furan rings is 1. The fourth-order valence-electron chi connectivity index (χ4n) is 1.39. The normalized spacial score (nSPS) is 13.1. The number of aryl methyl sites for hydroxylation is 2. The molecule has 0 spiro atoms. The summed E-state index contributed by atoms with van der Waals surface area (Å²) in [5, 5.41) is 0. The van der Waals surface area contributed by atoms with Gasteiger partial charge in [0.25, 0.3) is 0 Å². The summed E-state index contributed by atoms with van der Waals surface area (Å²) in [7, 11) is 0. The molecule has 2 aromatic heterocycles. The Kier molecular flexibility index (Phi) is 3.38. The zero-order chi connectivity index (χ0) is 11.0. The van der Waals surface area contributed by atoms with Crippen LogP contribution in [0.4, 0.5) is 0 Å². The molecule has 80 valence electrons. The predicted octanol–water partition coefficient (Wildman–Crippen LogP) is 5.20. The quantitative estimate of drug-likeness (QED) is 0.678. The average molecular weight is 350 g/mol. The first kappa shape index (κ1) is 11.4. The van der Waals surface area contributed by atoms with Gasteiger partial charge in [-0.2, -0.15) is 0 Å². The van der Waals surface area contributed by atoms with Crippen LogP contribution in [0.15, 0.2) is 27.1 Å². The standard InChI is InChI=1S/C11H10Br2OS/c1-6-3-4-9(14-6)10(13)11-8(12)5-7(2)15-11/h3-5,10H,1-2H3. The molecular weight excluding hydrogens is 340 g/mol. The molecule has 0 aliphatic carbocycles. The second-order valence-electron chi connectivity index (χ2n) is 3.38. The number of halogens is 2. The van der Waals surface area contributed by atoms with Crippen LogP contribution >= 0.6 is 43.2 Å². The Morgan fingerprint density at radius 1 is 1.33 bits per heavy atom. The number of hydrogen-bond acceptors (Lipinski definition) is 2. The average Bonchev–Trinajstić information content (AvgIpc) is 2.71. The lowest BCUT2D eigenvalue weighted by Crippen LogP contribution is -1.86. The van der Waals surface area contributed by atoms with E-state index in [1.165, 1.54) is 9.75 Å². The van der Waals surface area contributed by atoms with Gasteiger partial charge in [-0.15, -0.1) is 11.3 Å². The van der Waals surface area contributed by atoms with Crippen LogP contribution in [0.3, 0.4) is 0 Å². The van der Waals surface area contributed by atoms with Crippen LogP contribution < -0.4 is 0 Å². The van der Waals surface area contributed by atoms with Crippen molar-refractivity contribution in [3.8, 4) is 0 Å². The highest BCUT2D eigenvalue weighted by molar-refractivity contribution is 9.11. The molecule has 0 saturated heterocycles. The molecule has 1 atom stereocenters. The van der Waals surface area contributed by atoms with Crippen LogP contribution in [0.2, 0.25) is 0 Å². The first-order chi connectivity index (χ1) is 7.08. The third-order valence-electron chi connectivity index (χ3n) is 2.08. The fourth-order valence-corrected chi connectivity index (χ4v) is 4.34. The monoisotopic (exact) mass is 348 g/mol. The van der Waals surface area contributed by atoms with Crippen molar-refractivity contribution in [1.82, 2.24) is 0 Å². The molecular formula is C11H10Br2OS. The minimum Gasteiger partial charge on any atom is -0.465 e. The zero-order valence-electron chi connectivity index (χ0n) is 8.38. The van der Waals surface area contributed by atoms with Crippen molar-refractivity contribution in [3.05, 3.63) is 43.9 Å². The van der Waals surface area contributed by atoms with Gasteiger partial charge in [0.15, 0.2) is 0 Å². The van der Waals surface area contributed by atoms with Crippen molar-refractivity contribution in [2.75, 3.05) is 0 Å². The molecule has 2 rings (SSSR count). The Morgan fingerprint density at radius 3 is 2.53 bits per heavy atom.